The standard InChI is InChI=1S/C16H31NO2/c1-13(2)12-17(5)16(19)11-9-7-6-8-10-15(18)14(3)4/h13-14H,6-12H2,1-5H3. The van der Waals surface area contributed by atoms with Crippen LogP contribution in [0, 0.1) is 11.8 Å². The van der Waals surface area contributed by atoms with E-state index in [4.69, 9.17) is 0 Å². The maximum Gasteiger partial charge on any atom is 0.222 e. The molecule has 0 atom stereocenters. The Hall–Kier alpha value is -0.860. The van der Waals surface area contributed by atoms with Gasteiger partial charge in [-0.2, -0.15) is 0 Å². The third-order valence-electron chi connectivity index (χ3n) is 3.27. The number of amides is 1. The van der Waals surface area contributed by atoms with Crippen LogP contribution in [0.15, 0.2) is 0 Å². The van der Waals surface area contributed by atoms with Crippen molar-refractivity contribution >= 4 is 11.7 Å². The molecule has 3 heteroatoms. The van der Waals surface area contributed by atoms with Crippen LogP contribution in [-0.4, -0.2) is 30.2 Å². The Labute approximate surface area is 118 Å². The van der Waals surface area contributed by atoms with E-state index in [-0.39, 0.29) is 11.8 Å². The number of hydrogen-bond acceptors (Lipinski definition) is 2. The van der Waals surface area contributed by atoms with Gasteiger partial charge >= 0.3 is 0 Å². The molecule has 0 bridgehead atoms. The van der Waals surface area contributed by atoms with Gasteiger partial charge in [0.25, 0.3) is 0 Å². The van der Waals surface area contributed by atoms with Crippen LogP contribution in [-0.2, 0) is 9.59 Å². The second kappa shape index (κ2) is 9.99. The van der Waals surface area contributed by atoms with Gasteiger partial charge in [0.15, 0.2) is 0 Å². The normalized spacial score (nSPS) is 11.1. The van der Waals surface area contributed by atoms with Gasteiger partial charge < -0.3 is 4.90 Å². The molecule has 112 valence electrons. The Balaban J connectivity index is 3.54. The average Bonchev–Trinajstić information content (AvgIpc) is 2.31. The number of hydrogen-bond donors (Lipinski definition) is 0. The number of ketones is 1. The van der Waals surface area contributed by atoms with Gasteiger partial charge in [-0.15, -0.1) is 0 Å². The molecule has 0 fully saturated rings. The molecular formula is C16H31NO2. The Morgan fingerprint density at radius 3 is 1.89 bits per heavy atom. The largest absolute Gasteiger partial charge is 0.346 e. The fourth-order valence-corrected chi connectivity index (χ4v) is 2.06. The third-order valence-corrected chi connectivity index (χ3v) is 3.27. The van der Waals surface area contributed by atoms with Crippen molar-refractivity contribution in [1.82, 2.24) is 4.90 Å². The van der Waals surface area contributed by atoms with Crippen molar-refractivity contribution in [3.8, 4) is 0 Å². The Morgan fingerprint density at radius 2 is 1.42 bits per heavy atom. The SMILES string of the molecule is CC(C)CN(C)C(=O)CCCCCCC(=O)C(C)C. The molecule has 0 aromatic rings. The van der Waals surface area contributed by atoms with E-state index in [2.05, 4.69) is 13.8 Å². The molecule has 3 nitrogen and oxygen atoms in total. The van der Waals surface area contributed by atoms with Crippen LogP contribution in [0.2, 0.25) is 0 Å². The van der Waals surface area contributed by atoms with E-state index >= 15 is 0 Å². The minimum absolute atomic E-state index is 0.159. The zero-order valence-electron chi connectivity index (χ0n) is 13.4. The molecule has 19 heavy (non-hydrogen) atoms. The summed E-state index contributed by atoms with van der Waals surface area (Å²) < 4.78 is 0. The molecule has 0 aliphatic carbocycles. The van der Waals surface area contributed by atoms with E-state index in [0.717, 1.165) is 32.2 Å². The first-order valence-corrected chi connectivity index (χ1v) is 7.61. The second-order valence-electron chi connectivity index (χ2n) is 6.20. The maximum atomic E-state index is 11.8. The lowest BCUT2D eigenvalue weighted by atomic mass is 10.0. The summed E-state index contributed by atoms with van der Waals surface area (Å²) in [6.45, 7) is 8.98. The maximum absolute atomic E-state index is 11.8. The lowest BCUT2D eigenvalue weighted by Crippen LogP contribution is -2.29. The lowest BCUT2D eigenvalue weighted by molar-refractivity contribution is -0.130. The smallest absolute Gasteiger partial charge is 0.222 e. The molecule has 0 rings (SSSR count). The zero-order chi connectivity index (χ0) is 14.8. The molecule has 0 saturated heterocycles. The average molecular weight is 269 g/mol. The van der Waals surface area contributed by atoms with Crippen molar-refractivity contribution in [3.63, 3.8) is 0 Å². The fraction of sp³-hybridized carbons (Fsp3) is 0.875. The van der Waals surface area contributed by atoms with Gasteiger partial charge in [-0.05, 0) is 18.8 Å². The summed E-state index contributed by atoms with van der Waals surface area (Å²) in [6.07, 6.45) is 5.34. The number of unbranched alkanes of at least 4 members (excludes halogenated alkanes) is 3. The summed E-state index contributed by atoms with van der Waals surface area (Å²) in [4.78, 5) is 25.0. The third kappa shape index (κ3) is 9.69. The first-order valence-electron chi connectivity index (χ1n) is 7.61. The quantitative estimate of drug-likeness (QED) is 0.567. The van der Waals surface area contributed by atoms with Crippen LogP contribution < -0.4 is 0 Å². The lowest BCUT2D eigenvalue weighted by Gasteiger charge is -2.19. The fourth-order valence-electron chi connectivity index (χ4n) is 2.06. The van der Waals surface area contributed by atoms with E-state index < -0.39 is 0 Å². The molecule has 0 radical (unpaired) electrons. The number of Topliss-reactive ketones (excluding diaryl/α,β-unsaturated/α-hetero) is 1. The highest BCUT2D eigenvalue weighted by Gasteiger charge is 2.10. The summed E-state index contributed by atoms with van der Waals surface area (Å²) in [6, 6.07) is 0. The summed E-state index contributed by atoms with van der Waals surface area (Å²) >= 11 is 0. The van der Waals surface area contributed by atoms with E-state index in [1.54, 1.807) is 0 Å². The van der Waals surface area contributed by atoms with Gasteiger partial charge in [0.05, 0.1) is 0 Å². The van der Waals surface area contributed by atoms with Crippen molar-refractivity contribution in [2.24, 2.45) is 11.8 Å². The topological polar surface area (TPSA) is 37.4 Å². The highest BCUT2D eigenvalue weighted by atomic mass is 16.2. The molecule has 0 N–H and O–H groups in total. The van der Waals surface area contributed by atoms with E-state index in [0.29, 0.717) is 24.5 Å². The Morgan fingerprint density at radius 1 is 0.895 bits per heavy atom. The molecule has 1 amide bonds. The highest BCUT2D eigenvalue weighted by molar-refractivity contribution is 5.80. The molecule has 0 aromatic heterocycles. The highest BCUT2D eigenvalue weighted by Crippen LogP contribution is 2.10. The number of nitrogens with zero attached hydrogens (tertiary/aromatic N) is 1. The van der Waals surface area contributed by atoms with Crippen molar-refractivity contribution in [2.75, 3.05) is 13.6 Å². The molecule has 0 spiro atoms. The second-order valence-corrected chi connectivity index (χ2v) is 6.20. The molecular weight excluding hydrogens is 238 g/mol. The molecule has 0 saturated carbocycles. The molecule has 0 heterocycles. The summed E-state index contributed by atoms with van der Waals surface area (Å²) in [7, 11) is 1.88. The van der Waals surface area contributed by atoms with Crippen molar-refractivity contribution in [2.45, 2.75) is 66.2 Å². The van der Waals surface area contributed by atoms with Gasteiger partial charge in [0, 0.05) is 32.4 Å². The number of carbonyl (C=O) groups is 2. The molecule has 0 aliphatic heterocycles. The van der Waals surface area contributed by atoms with Crippen molar-refractivity contribution in [3.05, 3.63) is 0 Å². The van der Waals surface area contributed by atoms with Crippen molar-refractivity contribution < 1.29 is 9.59 Å². The Bertz CT molecular complexity index is 272. The number of carbonyl (C=O) groups excluding carboxylic acids is 2. The van der Waals surface area contributed by atoms with Crippen LogP contribution in [0.1, 0.15) is 66.2 Å². The summed E-state index contributed by atoms with van der Waals surface area (Å²) in [5, 5.41) is 0. The van der Waals surface area contributed by atoms with Crippen LogP contribution in [0.3, 0.4) is 0 Å². The predicted octanol–water partition coefficient (Wildman–Crippen LogP) is 3.67. The minimum atomic E-state index is 0.159. The van der Waals surface area contributed by atoms with Crippen LogP contribution in [0.4, 0.5) is 0 Å². The van der Waals surface area contributed by atoms with Crippen molar-refractivity contribution in [1.29, 1.82) is 0 Å². The zero-order valence-corrected chi connectivity index (χ0v) is 13.4. The first-order chi connectivity index (χ1) is 8.84. The van der Waals surface area contributed by atoms with Gasteiger partial charge in [0.1, 0.15) is 5.78 Å². The van der Waals surface area contributed by atoms with E-state index in [9.17, 15) is 9.59 Å². The van der Waals surface area contributed by atoms with E-state index in [1.165, 1.54) is 0 Å². The first kappa shape index (κ1) is 18.1. The predicted molar refractivity (Wildman–Crippen MR) is 80.0 cm³/mol. The van der Waals surface area contributed by atoms with Gasteiger partial charge in [-0.1, -0.05) is 40.5 Å². The van der Waals surface area contributed by atoms with Crippen LogP contribution >= 0.6 is 0 Å². The monoisotopic (exact) mass is 269 g/mol. The number of rotatable bonds is 10. The Kier molecular flexibility index (Phi) is 9.54. The van der Waals surface area contributed by atoms with E-state index in [1.807, 2.05) is 25.8 Å². The molecule has 0 aromatic carbocycles. The summed E-state index contributed by atoms with van der Waals surface area (Å²) in [5.74, 6) is 1.28. The van der Waals surface area contributed by atoms with Gasteiger partial charge in [0.2, 0.25) is 5.91 Å². The van der Waals surface area contributed by atoms with Crippen LogP contribution in [0.5, 0.6) is 0 Å². The molecule has 0 unspecified atom stereocenters. The van der Waals surface area contributed by atoms with Gasteiger partial charge in [-0.25, -0.2) is 0 Å². The van der Waals surface area contributed by atoms with Gasteiger partial charge in [-0.3, -0.25) is 9.59 Å². The summed E-state index contributed by atoms with van der Waals surface area (Å²) in [5.41, 5.74) is 0. The molecule has 0 aliphatic rings. The van der Waals surface area contributed by atoms with Crippen LogP contribution in [0.25, 0.3) is 0 Å². The minimum Gasteiger partial charge on any atom is -0.346 e.